The third kappa shape index (κ3) is 6.71. The van der Waals surface area contributed by atoms with E-state index < -0.39 is 0 Å². The molecule has 1 aliphatic rings. The molecule has 0 radical (unpaired) electrons. The summed E-state index contributed by atoms with van der Waals surface area (Å²) in [5.41, 5.74) is 0.627. The molecule has 23 heavy (non-hydrogen) atoms. The first-order valence-electron chi connectivity index (χ1n) is 7.45. The van der Waals surface area contributed by atoms with Crippen LogP contribution in [0.5, 0.6) is 0 Å². The molecule has 1 aromatic carbocycles. The highest BCUT2D eigenvalue weighted by atomic mass is 35.5. The molecule has 1 aromatic rings. The fourth-order valence-corrected chi connectivity index (χ4v) is 3.29. The third-order valence-electron chi connectivity index (χ3n) is 3.74. The molecule has 1 fully saturated rings. The largest absolute Gasteiger partial charge is 0.351 e. The van der Waals surface area contributed by atoms with Gasteiger partial charge >= 0.3 is 0 Å². The lowest BCUT2D eigenvalue weighted by molar-refractivity contribution is -0.119. The van der Waals surface area contributed by atoms with Crippen LogP contribution in [0.15, 0.2) is 24.3 Å². The predicted molar refractivity (Wildman–Crippen MR) is 99.0 cm³/mol. The van der Waals surface area contributed by atoms with E-state index in [4.69, 9.17) is 11.6 Å². The van der Waals surface area contributed by atoms with Crippen LogP contribution in [0, 0.1) is 0 Å². The molecule has 0 aliphatic carbocycles. The zero-order valence-corrected chi connectivity index (χ0v) is 15.4. The Morgan fingerprint density at radius 3 is 2.65 bits per heavy atom. The second kappa shape index (κ2) is 10.2. The van der Waals surface area contributed by atoms with Crippen molar-refractivity contribution in [3.63, 3.8) is 0 Å². The number of thioether (sulfide) groups is 1. The Balaban J connectivity index is 0.00000264. The molecule has 1 aliphatic heterocycles. The maximum absolute atomic E-state index is 12.0. The van der Waals surface area contributed by atoms with Crippen LogP contribution in [0.3, 0.4) is 0 Å². The van der Waals surface area contributed by atoms with Crippen molar-refractivity contribution in [2.75, 3.05) is 18.1 Å². The quantitative estimate of drug-likeness (QED) is 0.749. The Labute approximate surface area is 152 Å². The van der Waals surface area contributed by atoms with Crippen LogP contribution < -0.4 is 10.6 Å². The molecule has 2 N–H and O–H groups in total. The summed E-state index contributed by atoms with van der Waals surface area (Å²) in [6, 6.07) is 7.31. The number of piperidine rings is 1. The van der Waals surface area contributed by atoms with Gasteiger partial charge in [-0.25, -0.2) is 0 Å². The predicted octanol–water partition coefficient (Wildman–Crippen LogP) is 2.93. The molecule has 0 bridgehead atoms. The zero-order chi connectivity index (χ0) is 15.9. The molecule has 7 heteroatoms. The number of rotatable bonds is 6. The van der Waals surface area contributed by atoms with Gasteiger partial charge in [-0.05, 0) is 50.6 Å². The topological polar surface area (TPSA) is 58.2 Å². The molecule has 2 rings (SSSR count). The van der Waals surface area contributed by atoms with Crippen molar-refractivity contribution in [3.8, 4) is 0 Å². The molecule has 128 valence electrons. The van der Waals surface area contributed by atoms with Gasteiger partial charge < -0.3 is 10.6 Å². The Morgan fingerprint density at radius 2 is 2.00 bits per heavy atom. The van der Waals surface area contributed by atoms with Crippen molar-refractivity contribution in [2.45, 2.75) is 31.8 Å². The molecule has 4 nitrogen and oxygen atoms in total. The molecule has 1 heterocycles. The lowest BCUT2D eigenvalue weighted by atomic mass is 10.00. The van der Waals surface area contributed by atoms with Gasteiger partial charge in [0, 0.05) is 22.7 Å². The van der Waals surface area contributed by atoms with Gasteiger partial charge in [-0.3, -0.25) is 9.59 Å². The van der Waals surface area contributed by atoms with E-state index in [0.29, 0.717) is 28.1 Å². The Hall–Kier alpha value is -0.750. The Kier molecular flexibility index (Phi) is 8.99. The summed E-state index contributed by atoms with van der Waals surface area (Å²) in [7, 11) is 0. The van der Waals surface area contributed by atoms with Crippen LogP contribution >= 0.6 is 35.8 Å². The normalized spacial score (nSPS) is 20.4. The van der Waals surface area contributed by atoms with E-state index in [0.717, 1.165) is 19.4 Å². The first-order chi connectivity index (χ1) is 10.6. The maximum Gasteiger partial charge on any atom is 0.230 e. The number of carbonyl (C=O) groups excluding carboxylic acids is 2. The number of benzene rings is 1. The van der Waals surface area contributed by atoms with E-state index in [1.165, 1.54) is 11.8 Å². The number of nitrogens with one attached hydrogen (secondary N) is 2. The van der Waals surface area contributed by atoms with E-state index in [-0.39, 0.29) is 30.1 Å². The number of ketones is 1. The molecular weight excluding hydrogens is 355 g/mol. The Morgan fingerprint density at radius 1 is 1.30 bits per heavy atom. The van der Waals surface area contributed by atoms with Crippen molar-refractivity contribution in [1.82, 2.24) is 10.6 Å². The summed E-state index contributed by atoms with van der Waals surface area (Å²) in [6.07, 6.45) is 2.09. The number of hydrogen-bond acceptors (Lipinski definition) is 4. The lowest BCUT2D eigenvalue weighted by Crippen LogP contribution is -2.52. The average Bonchev–Trinajstić information content (AvgIpc) is 2.50. The molecular formula is C16H22Cl2N2O2S. The SMILES string of the molecule is CC1NCCCC1NC(=O)CSCC(=O)c1ccc(Cl)cc1.Cl. The first-order valence-corrected chi connectivity index (χ1v) is 8.99. The lowest BCUT2D eigenvalue weighted by Gasteiger charge is -2.30. The van der Waals surface area contributed by atoms with Crippen LogP contribution in [-0.4, -0.2) is 41.8 Å². The summed E-state index contributed by atoms with van der Waals surface area (Å²) >= 11 is 7.14. The maximum atomic E-state index is 12.0. The van der Waals surface area contributed by atoms with E-state index in [9.17, 15) is 9.59 Å². The van der Waals surface area contributed by atoms with Gasteiger partial charge in [0.05, 0.1) is 11.5 Å². The highest BCUT2D eigenvalue weighted by Crippen LogP contribution is 2.13. The summed E-state index contributed by atoms with van der Waals surface area (Å²) in [5.74, 6) is 0.618. The van der Waals surface area contributed by atoms with Crippen LogP contribution in [-0.2, 0) is 4.79 Å². The minimum Gasteiger partial charge on any atom is -0.351 e. The van der Waals surface area contributed by atoms with Gasteiger partial charge in [0.2, 0.25) is 5.91 Å². The fourth-order valence-electron chi connectivity index (χ4n) is 2.45. The number of hydrogen-bond donors (Lipinski definition) is 2. The van der Waals surface area contributed by atoms with Crippen LogP contribution in [0.4, 0.5) is 0 Å². The van der Waals surface area contributed by atoms with Gasteiger partial charge in [-0.2, -0.15) is 0 Å². The van der Waals surface area contributed by atoms with Crippen molar-refractivity contribution in [1.29, 1.82) is 0 Å². The standard InChI is InChI=1S/C16H21ClN2O2S.ClH/c1-11-14(3-2-8-18-11)19-16(21)10-22-9-15(20)12-4-6-13(17)7-5-12;/h4-7,11,14,18H,2-3,8-10H2,1H3,(H,19,21);1H. The number of carbonyl (C=O) groups is 2. The molecule has 0 aromatic heterocycles. The van der Waals surface area contributed by atoms with Crippen LogP contribution in [0.2, 0.25) is 5.02 Å². The highest BCUT2D eigenvalue weighted by Gasteiger charge is 2.22. The third-order valence-corrected chi connectivity index (χ3v) is 4.93. The minimum absolute atomic E-state index is 0. The highest BCUT2D eigenvalue weighted by molar-refractivity contribution is 8.00. The van der Waals surface area contributed by atoms with E-state index in [1.807, 2.05) is 0 Å². The smallest absolute Gasteiger partial charge is 0.230 e. The van der Waals surface area contributed by atoms with Crippen molar-refractivity contribution < 1.29 is 9.59 Å². The van der Waals surface area contributed by atoms with Gasteiger partial charge in [0.25, 0.3) is 0 Å². The van der Waals surface area contributed by atoms with Crippen LogP contribution in [0.25, 0.3) is 0 Å². The molecule has 1 amide bonds. The Bertz CT molecular complexity index is 525. The summed E-state index contributed by atoms with van der Waals surface area (Å²) in [6.45, 7) is 3.10. The summed E-state index contributed by atoms with van der Waals surface area (Å²) < 4.78 is 0. The van der Waals surface area contributed by atoms with Crippen LogP contribution in [0.1, 0.15) is 30.1 Å². The van der Waals surface area contributed by atoms with E-state index in [2.05, 4.69) is 17.6 Å². The zero-order valence-electron chi connectivity index (χ0n) is 13.0. The van der Waals surface area contributed by atoms with E-state index in [1.54, 1.807) is 24.3 Å². The minimum atomic E-state index is -0.00513. The van der Waals surface area contributed by atoms with Crippen molar-refractivity contribution >= 4 is 47.5 Å². The average molecular weight is 377 g/mol. The molecule has 0 spiro atoms. The number of halogens is 2. The molecule has 0 saturated carbocycles. The monoisotopic (exact) mass is 376 g/mol. The van der Waals surface area contributed by atoms with Gasteiger partial charge in [0.1, 0.15) is 0 Å². The van der Waals surface area contributed by atoms with Gasteiger partial charge in [-0.1, -0.05) is 11.6 Å². The first kappa shape index (κ1) is 20.3. The van der Waals surface area contributed by atoms with E-state index >= 15 is 0 Å². The number of amides is 1. The van der Waals surface area contributed by atoms with Crippen molar-refractivity contribution in [3.05, 3.63) is 34.9 Å². The molecule has 2 atom stereocenters. The summed E-state index contributed by atoms with van der Waals surface area (Å²) in [4.78, 5) is 23.9. The van der Waals surface area contributed by atoms with Gasteiger partial charge in [0.15, 0.2) is 5.78 Å². The molecule has 2 unspecified atom stereocenters. The van der Waals surface area contributed by atoms with Crippen molar-refractivity contribution in [2.24, 2.45) is 0 Å². The second-order valence-corrected chi connectivity index (χ2v) is 6.90. The summed E-state index contributed by atoms with van der Waals surface area (Å²) in [5, 5.41) is 7.00. The second-order valence-electron chi connectivity index (χ2n) is 5.48. The fraction of sp³-hybridized carbons (Fsp3) is 0.500. The number of Topliss-reactive ketones (excluding diaryl/α,β-unsaturated/α-hetero) is 1. The molecule has 1 saturated heterocycles. The van der Waals surface area contributed by atoms with Gasteiger partial charge in [-0.15, -0.1) is 24.2 Å².